The van der Waals surface area contributed by atoms with Crippen LogP contribution in [-0.4, -0.2) is 35.4 Å². The van der Waals surface area contributed by atoms with E-state index in [4.69, 9.17) is 19.7 Å². The second-order valence-corrected chi connectivity index (χ2v) is 9.87. The van der Waals surface area contributed by atoms with Gasteiger partial charge in [-0.05, 0) is 92.7 Å². The molecular formula is C29H28N4O3S. The van der Waals surface area contributed by atoms with E-state index in [0.717, 1.165) is 39.5 Å². The molecule has 37 heavy (non-hydrogen) atoms. The van der Waals surface area contributed by atoms with Crippen LogP contribution in [0.1, 0.15) is 23.6 Å². The van der Waals surface area contributed by atoms with Crippen molar-refractivity contribution in [3.05, 3.63) is 102 Å². The van der Waals surface area contributed by atoms with Crippen LogP contribution in [0.25, 0.3) is 0 Å². The second-order valence-electron chi connectivity index (χ2n) is 8.68. The number of hydrazone groups is 2. The van der Waals surface area contributed by atoms with Gasteiger partial charge in [0.25, 0.3) is 0 Å². The molecule has 2 heterocycles. The normalized spacial score (nSPS) is 18.6. The summed E-state index contributed by atoms with van der Waals surface area (Å²) in [4.78, 5) is 11.9. The Morgan fingerprint density at radius 3 is 2.35 bits per heavy atom. The summed E-state index contributed by atoms with van der Waals surface area (Å²) >= 11 is 1.30. The van der Waals surface area contributed by atoms with Crippen LogP contribution in [0.2, 0.25) is 0 Å². The SMILES string of the molecule is CCOC(=O)C1=NN(c2ccc(OC)cc2)[C@]2(C=CC(c3cc(C)ccc3C)=NN2c2ccccc2)S1. The van der Waals surface area contributed by atoms with Gasteiger partial charge in [-0.25, -0.2) is 14.8 Å². The summed E-state index contributed by atoms with van der Waals surface area (Å²) in [6.07, 6.45) is 4.06. The number of thioether (sulfide) groups is 1. The second kappa shape index (κ2) is 10.1. The minimum absolute atomic E-state index is 0.258. The molecule has 0 bridgehead atoms. The number of carbonyl (C=O) groups is 1. The molecule has 0 aliphatic carbocycles. The minimum atomic E-state index is -0.973. The molecule has 0 saturated heterocycles. The lowest BCUT2D eigenvalue weighted by molar-refractivity contribution is -0.134. The van der Waals surface area contributed by atoms with Gasteiger partial charge in [-0.15, -0.1) is 0 Å². The Hall–Kier alpha value is -4.04. The lowest BCUT2D eigenvalue weighted by Crippen LogP contribution is -2.53. The maximum Gasteiger partial charge on any atom is 0.365 e. The number of aryl methyl sites for hydroxylation is 2. The molecule has 0 radical (unpaired) electrons. The summed E-state index contributed by atoms with van der Waals surface area (Å²) in [5.74, 6) is 0.266. The average molecular weight is 513 g/mol. The number of carbonyl (C=O) groups excluding carboxylic acids is 1. The van der Waals surface area contributed by atoms with Crippen LogP contribution in [0.4, 0.5) is 11.4 Å². The monoisotopic (exact) mass is 512 g/mol. The summed E-state index contributed by atoms with van der Waals surface area (Å²) < 4.78 is 10.7. The first-order chi connectivity index (χ1) is 17.9. The molecule has 3 aromatic carbocycles. The van der Waals surface area contributed by atoms with Crippen molar-refractivity contribution in [2.45, 2.75) is 25.8 Å². The Kier molecular flexibility index (Phi) is 6.76. The molecule has 1 spiro atoms. The highest BCUT2D eigenvalue weighted by Gasteiger charge is 2.52. The number of ether oxygens (including phenoxy) is 2. The smallest absolute Gasteiger partial charge is 0.365 e. The first-order valence-electron chi connectivity index (χ1n) is 12.0. The quantitative estimate of drug-likeness (QED) is 0.385. The van der Waals surface area contributed by atoms with Gasteiger partial charge in [-0.3, -0.25) is 0 Å². The number of methoxy groups -OCH3 is 1. The molecule has 7 nitrogen and oxygen atoms in total. The Morgan fingerprint density at radius 1 is 0.946 bits per heavy atom. The number of hydrogen-bond acceptors (Lipinski definition) is 8. The molecule has 188 valence electrons. The van der Waals surface area contributed by atoms with Crippen LogP contribution in [0.15, 0.2) is 95.2 Å². The summed E-state index contributed by atoms with van der Waals surface area (Å²) in [5, 5.41) is 13.9. The number of benzene rings is 3. The Morgan fingerprint density at radius 2 is 1.65 bits per heavy atom. The van der Waals surface area contributed by atoms with E-state index in [1.165, 1.54) is 11.8 Å². The van der Waals surface area contributed by atoms with Gasteiger partial charge < -0.3 is 9.47 Å². The van der Waals surface area contributed by atoms with Crippen molar-refractivity contribution < 1.29 is 14.3 Å². The van der Waals surface area contributed by atoms with Crippen LogP contribution in [0.5, 0.6) is 5.75 Å². The van der Waals surface area contributed by atoms with Crippen LogP contribution >= 0.6 is 11.8 Å². The lowest BCUT2D eigenvalue weighted by Gasteiger charge is -2.43. The molecular weight excluding hydrogens is 484 g/mol. The Labute approximate surface area is 221 Å². The summed E-state index contributed by atoms with van der Waals surface area (Å²) in [7, 11) is 1.63. The number of rotatable bonds is 6. The number of esters is 1. The highest BCUT2D eigenvalue weighted by atomic mass is 32.2. The van der Waals surface area contributed by atoms with E-state index in [1.807, 2.05) is 70.7 Å². The van der Waals surface area contributed by atoms with Crippen molar-refractivity contribution in [1.82, 2.24) is 0 Å². The molecule has 0 saturated carbocycles. The molecule has 0 amide bonds. The number of hydrogen-bond donors (Lipinski definition) is 0. The van der Waals surface area contributed by atoms with Gasteiger partial charge in [0.2, 0.25) is 10.0 Å². The van der Waals surface area contributed by atoms with Gasteiger partial charge >= 0.3 is 5.97 Å². The summed E-state index contributed by atoms with van der Waals surface area (Å²) in [6, 6.07) is 23.8. The molecule has 2 aliphatic rings. The number of anilines is 2. The molecule has 0 N–H and O–H groups in total. The molecule has 5 rings (SSSR count). The lowest BCUT2D eigenvalue weighted by atomic mass is 10.00. The van der Waals surface area contributed by atoms with Gasteiger partial charge in [-0.1, -0.05) is 35.9 Å². The average Bonchev–Trinajstić information content (AvgIpc) is 3.31. The van der Waals surface area contributed by atoms with Crippen molar-refractivity contribution in [2.24, 2.45) is 10.2 Å². The van der Waals surface area contributed by atoms with Gasteiger partial charge in [0.15, 0.2) is 0 Å². The highest BCUT2D eigenvalue weighted by molar-refractivity contribution is 8.17. The van der Waals surface area contributed by atoms with Gasteiger partial charge in [0.05, 0.1) is 30.8 Å². The number of nitrogens with zero attached hydrogens (tertiary/aromatic N) is 4. The zero-order valence-electron chi connectivity index (χ0n) is 21.2. The van der Waals surface area contributed by atoms with Gasteiger partial charge in [0, 0.05) is 5.56 Å². The standard InChI is InChI=1S/C29H28N4O3S/c1-5-36-28(34)27-31-33(23-13-15-24(35-4)16-14-23)29(37-27)18-17-26(25-19-20(2)11-12-21(25)3)30-32(29)22-9-7-6-8-10-22/h6-19H,5H2,1-4H3/t29-/m1/s1. The minimum Gasteiger partial charge on any atom is -0.497 e. The van der Waals surface area contributed by atoms with E-state index < -0.39 is 11.0 Å². The predicted octanol–water partition coefficient (Wildman–Crippen LogP) is 5.88. The molecule has 8 heteroatoms. The summed E-state index contributed by atoms with van der Waals surface area (Å²) in [5.41, 5.74) is 5.82. The molecule has 2 aliphatic heterocycles. The third-order valence-electron chi connectivity index (χ3n) is 6.15. The van der Waals surface area contributed by atoms with Crippen molar-refractivity contribution in [3.63, 3.8) is 0 Å². The van der Waals surface area contributed by atoms with E-state index in [1.54, 1.807) is 14.0 Å². The molecule has 0 fully saturated rings. The van der Waals surface area contributed by atoms with E-state index in [2.05, 4.69) is 38.1 Å². The van der Waals surface area contributed by atoms with Crippen LogP contribution in [0.3, 0.4) is 0 Å². The van der Waals surface area contributed by atoms with E-state index in [-0.39, 0.29) is 11.7 Å². The zero-order chi connectivity index (χ0) is 26.0. The Balaban J connectivity index is 1.67. The zero-order valence-corrected chi connectivity index (χ0v) is 22.0. The fourth-order valence-corrected chi connectivity index (χ4v) is 5.44. The maximum atomic E-state index is 12.9. The largest absolute Gasteiger partial charge is 0.497 e. The van der Waals surface area contributed by atoms with Crippen molar-refractivity contribution in [2.75, 3.05) is 23.7 Å². The van der Waals surface area contributed by atoms with E-state index in [0.29, 0.717) is 0 Å². The highest BCUT2D eigenvalue weighted by Crippen LogP contribution is 2.48. The van der Waals surface area contributed by atoms with Gasteiger partial charge in [0.1, 0.15) is 5.75 Å². The fraction of sp³-hybridized carbons (Fsp3) is 0.207. The van der Waals surface area contributed by atoms with E-state index >= 15 is 0 Å². The third-order valence-corrected chi connectivity index (χ3v) is 7.37. The van der Waals surface area contributed by atoms with Crippen LogP contribution in [-0.2, 0) is 9.53 Å². The number of allylic oxidation sites excluding steroid dienone is 1. The molecule has 3 aromatic rings. The maximum absolute atomic E-state index is 12.9. The topological polar surface area (TPSA) is 66.7 Å². The van der Waals surface area contributed by atoms with Crippen molar-refractivity contribution in [1.29, 1.82) is 0 Å². The molecule has 0 unspecified atom stereocenters. The number of para-hydroxylation sites is 1. The van der Waals surface area contributed by atoms with Crippen molar-refractivity contribution in [3.8, 4) is 5.75 Å². The Bertz CT molecular complexity index is 1400. The molecule has 0 aromatic heterocycles. The third kappa shape index (κ3) is 4.60. The van der Waals surface area contributed by atoms with Crippen molar-refractivity contribution >= 4 is 39.9 Å². The van der Waals surface area contributed by atoms with Crippen LogP contribution < -0.4 is 14.8 Å². The molecule has 1 atom stereocenters. The van der Waals surface area contributed by atoms with Crippen LogP contribution in [0, 0.1) is 13.8 Å². The van der Waals surface area contributed by atoms with E-state index in [9.17, 15) is 4.79 Å². The summed E-state index contributed by atoms with van der Waals surface area (Å²) in [6.45, 7) is 6.20. The first kappa shape index (κ1) is 24.6. The van der Waals surface area contributed by atoms with Gasteiger partial charge in [-0.2, -0.15) is 10.2 Å². The fourth-order valence-electron chi connectivity index (χ4n) is 4.29. The first-order valence-corrected chi connectivity index (χ1v) is 12.9. The predicted molar refractivity (Wildman–Crippen MR) is 150 cm³/mol.